The fraction of sp³-hybridized carbons (Fsp3) is 0.600. The van der Waals surface area contributed by atoms with Gasteiger partial charge in [-0.3, -0.25) is 9.59 Å². The van der Waals surface area contributed by atoms with E-state index in [2.05, 4.69) is 11.3 Å². The minimum absolute atomic E-state index is 0.0111. The van der Waals surface area contributed by atoms with Crippen LogP contribution in [0.3, 0.4) is 0 Å². The summed E-state index contributed by atoms with van der Waals surface area (Å²) in [5.41, 5.74) is 0. The number of ether oxygens (including phenoxy) is 1. The highest BCUT2D eigenvalue weighted by Gasteiger charge is 2.36. The second kappa shape index (κ2) is 4.21. The van der Waals surface area contributed by atoms with Crippen molar-refractivity contribution in [3.8, 4) is 0 Å². The molecule has 0 N–H and O–H groups in total. The minimum atomic E-state index is -0.601. The first kappa shape index (κ1) is 9.96. The number of hydrogen-bond donors (Lipinski definition) is 0. The lowest BCUT2D eigenvalue weighted by molar-refractivity contribution is -0.152. The summed E-state index contributed by atoms with van der Waals surface area (Å²) in [6.07, 6.45) is 3.88. The normalized spacial score (nSPS) is 28.2. The Bertz CT molecular complexity index is 224. The molecule has 0 heterocycles. The molecule has 0 aromatic rings. The Morgan fingerprint density at radius 2 is 2.38 bits per heavy atom. The Morgan fingerprint density at radius 3 is 2.92 bits per heavy atom. The van der Waals surface area contributed by atoms with Gasteiger partial charge in [-0.25, -0.2) is 0 Å². The average Bonchev–Trinajstić information content (AvgIpc) is 2.16. The molecule has 0 aliphatic heterocycles. The van der Waals surface area contributed by atoms with Crippen LogP contribution in [0.15, 0.2) is 12.7 Å². The SMILES string of the molecule is C=CC1CCCC(=O)C1C(=O)OC. The fourth-order valence-electron chi connectivity index (χ4n) is 1.76. The third-order valence-electron chi connectivity index (χ3n) is 2.49. The molecule has 0 radical (unpaired) electrons. The van der Waals surface area contributed by atoms with Crippen LogP contribution in [0.5, 0.6) is 0 Å². The largest absolute Gasteiger partial charge is 0.468 e. The number of ketones is 1. The Balaban J connectivity index is 2.78. The third kappa shape index (κ3) is 1.97. The quantitative estimate of drug-likeness (QED) is 0.367. The van der Waals surface area contributed by atoms with Gasteiger partial charge in [0.2, 0.25) is 0 Å². The molecular weight excluding hydrogens is 168 g/mol. The highest BCUT2D eigenvalue weighted by Crippen LogP contribution is 2.28. The van der Waals surface area contributed by atoms with E-state index in [4.69, 9.17) is 0 Å². The molecule has 2 unspecified atom stereocenters. The molecule has 2 atom stereocenters. The van der Waals surface area contributed by atoms with Crippen LogP contribution in [0.1, 0.15) is 19.3 Å². The van der Waals surface area contributed by atoms with Crippen molar-refractivity contribution in [2.45, 2.75) is 19.3 Å². The molecular formula is C10H14O3. The number of carbonyl (C=O) groups excluding carboxylic acids is 2. The topological polar surface area (TPSA) is 43.4 Å². The van der Waals surface area contributed by atoms with Gasteiger partial charge in [0, 0.05) is 6.42 Å². The lowest BCUT2D eigenvalue weighted by atomic mass is 9.78. The Labute approximate surface area is 77.8 Å². The van der Waals surface area contributed by atoms with E-state index < -0.39 is 11.9 Å². The van der Waals surface area contributed by atoms with Crippen LogP contribution in [-0.2, 0) is 14.3 Å². The van der Waals surface area contributed by atoms with E-state index in [1.807, 2.05) is 0 Å². The first-order chi connectivity index (χ1) is 6.20. The molecule has 1 aliphatic carbocycles. The fourth-order valence-corrected chi connectivity index (χ4v) is 1.76. The van der Waals surface area contributed by atoms with Crippen LogP contribution in [0, 0.1) is 11.8 Å². The van der Waals surface area contributed by atoms with E-state index in [9.17, 15) is 9.59 Å². The van der Waals surface area contributed by atoms with Crippen LogP contribution in [0.25, 0.3) is 0 Å². The molecule has 1 fully saturated rings. The molecule has 0 amide bonds. The summed E-state index contributed by atoms with van der Waals surface area (Å²) < 4.78 is 4.58. The zero-order chi connectivity index (χ0) is 9.84. The molecule has 3 heteroatoms. The van der Waals surface area contributed by atoms with E-state index >= 15 is 0 Å². The van der Waals surface area contributed by atoms with Crippen molar-refractivity contribution in [1.29, 1.82) is 0 Å². The molecule has 13 heavy (non-hydrogen) atoms. The van der Waals surface area contributed by atoms with E-state index in [0.29, 0.717) is 6.42 Å². The number of rotatable bonds is 2. The van der Waals surface area contributed by atoms with Crippen LogP contribution in [-0.4, -0.2) is 18.9 Å². The standard InChI is InChI=1S/C10H14O3/c1-3-7-5-4-6-8(11)9(7)10(12)13-2/h3,7,9H,1,4-6H2,2H3. The van der Waals surface area contributed by atoms with Gasteiger partial charge < -0.3 is 4.74 Å². The number of Topliss-reactive ketones (excluding diaryl/α,β-unsaturated/α-hetero) is 1. The Kier molecular flexibility index (Phi) is 3.23. The number of methoxy groups -OCH3 is 1. The summed E-state index contributed by atoms with van der Waals surface area (Å²) >= 11 is 0. The number of hydrogen-bond acceptors (Lipinski definition) is 3. The highest BCUT2D eigenvalue weighted by molar-refractivity contribution is 6.00. The first-order valence-electron chi connectivity index (χ1n) is 4.43. The molecule has 0 saturated heterocycles. The second-order valence-corrected chi connectivity index (χ2v) is 3.26. The third-order valence-corrected chi connectivity index (χ3v) is 2.49. The molecule has 0 bridgehead atoms. The van der Waals surface area contributed by atoms with Gasteiger partial charge in [0.25, 0.3) is 0 Å². The van der Waals surface area contributed by atoms with Gasteiger partial charge in [-0.05, 0) is 18.8 Å². The van der Waals surface area contributed by atoms with Gasteiger partial charge in [-0.2, -0.15) is 0 Å². The predicted molar refractivity (Wildman–Crippen MR) is 48.1 cm³/mol. The smallest absolute Gasteiger partial charge is 0.316 e. The lowest BCUT2D eigenvalue weighted by Gasteiger charge is -2.25. The van der Waals surface area contributed by atoms with Crippen LogP contribution < -0.4 is 0 Å². The van der Waals surface area contributed by atoms with E-state index in [-0.39, 0.29) is 11.7 Å². The van der Waals surface area contributed by atoms with Crippen LogP contribution >= 0.6 is 0 Å². The molecule has 1 aliphatic rings. The summed E-state index contributed by atoms with van der Waals surface area (Å²) in [5, 5.41) is 0. The number of carbonyl (C=O) groups is 2. The van der Waals surface area contributed by atoms with Crippen molar-refractivity contribution in [1.82, 2.24) is 0 Å². The summed E-state index contributed by atoms with van der Waals surface area (Å²) in [6.45, 7) is 3.63. The highest BCUT2D eigenvalue weighted by atomic mass is 16.5. The number of allylic oxidation sites excluding steroid dienone is 1. The predicted octanol–water partition coefficient (Wildman–Crippen LogP) is 1.33. The molecule has 72 valence electrons. The zero-order valence-electron chi connectivity index (χ0n) is 7.79. The van der Waals surface area contributed by atoms with Gasteiger partial charge in [0.1, 0.15) is 11.7 Å². The molecule has 3 nitrogen and oxygen atoms in total. The average molecular weight is 182 g/mol. The summed E-state index contributed by atoms with van der Waals surface area (Å²) in [4.78, 5) is 22.7. The van der Waals surface area contributed by atoms with Crippen LogP contribution in [0.4, 0.5) is 0 Å². The van der Waals surface area contributed by atoms with Gasteiger partial charge in [-0.1, -0.05) is 6.08 Å². The molecule has 0 aromatic carbocycles. The summed E-state index contributed by atoms with van der Waals surface area (Å²) in [7, 11) is 1.31. The Morgan fingerprint density at radius 1 is 1.69 bits per heavy atom. The summed E-state index contributed by atoms with van der Waals surface area (Å²) in [5.74, 6) is -1.07. The van der Waals surface area contributed by atoms with Crippen molar-refractivity contribution < 1.29 is 14.3 Å². The maximum absolute atomic E-state index is 11.4. The van der Waals surface area contributed by atoms with Crippen molar-refractivity contribution in [3.05, 3.63) is 12.7 Å². The van der Waals surface area contributed by atoms with Crippen molar-refractivity contribution >= 4 is 11.8 Å². The first-order valence-corrected chi connectivity index (χ1v) is 4.43. The van der Waals surface area contributed by atoms with E-state index in [1.165, 1.54) is 7.11 Å². The Hall–Kier alpha value is -1.12. The van der Waals surface area contributed by atoms with Crippen molar-refractivity contribution in [2.75, 3.05) is 7.11 Å². The lowest BCUT2D eigenvalue weighted by Crippen LogP contribution is -2.34. The minimum Gasteiger partial charge on any atom is -0.468 e. The van der Waals surface area contributed by atoms with Gasteiger partial charge in [-0.15, -0.1) is 6.58 Å². The van der Waals surface area contributed by atoms with Crippen molar-refractivity contribution in [2.24, 2.45) is 11.8 Å². The summed E-state index contributed by atoms with van der Waals surface area (Å²) in [6, 6.07) is 0. The molecule has 1 rings (SSSR count). The number of esters is 1. The second-order valence-electron chi connectivity index (χ2n) is 3.26. The molecule has 0 aromatic heterocycles. The monoisotopic (exact) mass is 182 g/mol. The zero-order valence-corrected chi connectivity index (χ0v) is 7.79. The van der Waals surface area contributed by atoms with Gasteiger partial charge in [0.05, 0.1) is 7.11 Å². The van der Waals surface area contributed by atoms with Gasteiger partial charge >= 0.3 is 5.97 Å². The van der Waals surface area contributed by atoms with E-state index in [0.717, 1.165) is 12.8 Å². The van der Waals surface area contributed by atoms with E-state index in [1.54, 1.807) is 6.08 Å². The van der Waals surface area contributed by atoms with Crippen LogP contribution in [0.2, 0.25) is 0 Å². The maximum Gasteiger partial charge on any atom is 0.316 e. The van der Waals surface area contributed by atoms with Crippen molar-refractivity contribution in [3.63, 3.8) is 0 Å². The van der Waals surface area contributed by atoms with Gasteiger partial charge in [0.15, 0.2) is 0 Å². The maximum atomic E-state index is 11.4. The molecule has 1 saturated carbocycles. The molecule has 0 spiro atoms.